The number of benzene rings is 1. The quantitative estimate of drug-likeness (QED) is 0.285. The molecule has 192 valence electrons. The number of aliphatic imine (C=N–C) groups is 1. The lowest BCUT2D eigenvalue weighted by Gasteiger charge is -2.37. The van der Waals surface area contributed by atoms with Crippen LogP contribution in [0.15, 0.2) is 46.8 Å². The monoisotopic (exact) mass is 515 g/mol. The molecule has 2 aliphatic rings. The van der Waals surface area contributed by atoms with Crippen LogP contribution in [0.25, 0.3) is 0 Å². The smallest absolute Gasteiger partial charge is 0.328 e. The Bertz CT molecular complexity index is 1140. The molecule has 1 aliphatic heterocycles. The summed E-state index contributed by atoms with van der Waals surface area (Å²) in [6.45, 7) is 2.53. The van der Waals surface area contributed by atoms with E-state index in [-0.39, 0.29) is 18.1 Å². The molecule has 10 nitrogen and oxygen atoms in total. The van der Waals surface area contributed by atoms with Gasteiger partial charge >= 0.3 is 11.9 Å². The van der Waals surface area contributed by atoms with E-state index < -0.39 is 11.9 Å². The van der Waals surface area contributed by atoms with E-state index in [1.807, 2.05) is 31.6 Å². The number of rotatable bonds is 7. The van der Waals surface area contributed by atoms with Gasteiger partial charge in [-0.2, -0.15) is 0 Å². The number of carboxylic acids is 2. The lowest BCUT2D eigenvalue weighted by atomic mass is 9.74. The van der Waals surface area contributed by atoms with Crippen LogP contribution in [0.2, 0.25) is 0 Å². The molecular formula is C25H29N3O7S. The first-order valence-corrected chi connectivity index (χ1v) is 12.6. The molecule has 0 saturated heterocycles. The number of fused-ring (bicyclic) bond motifs is 3. The Morgan fingerprint density at radius 1 is 1.11 bits per heavy atom. The van der Waals surface area contributed by atoms with Crippen molar-refractivity contribution in [2.45, 2.75) is 49.4 Å². The van der Waals surface area contributed by atoms with Gasteiger partial charge in [-0.05, 0) is 50.1 Å². The fourth-order valence-corrected chi connectivity index (χ4v) is 4.60. The van der Waals surface area contributed by atoms with Crippen molar-refractivity contribution in [1.29, 1.82) is 0 Å². The molecule has 0 radical (unpaired) electrons. The largest absolute Gasteiger partial charge is 0.493 e. The summed E-state index contributed by atoms with van der Waals surface area (Å²) >= 11 is 1.52. The second-order valence-corrected chi connectivity index (χ2v) is 8.88. The number of thioether (sulfide) groups is 1. The van der Waals surface area contributed by atoms with Crippen molar-refractivity contribution in [2.75, 3.05) is 20.0 Å². The third-order valence-electron chi connectivity index (χ3n) is 5.82. The zero-order valence-corrected chi connectivity index (χ0v) is 21.1. The van der Waals surface area contributed by atoms with Crippen LogP contribution in [-0.4, -0.2) is 75.1 Å². The predicted molar refractivity (Wildman–Crippen MR) is 134 cm³/mol. The van der Waals surface area contributed by atoms with Crippen LogP contribution in [0.1, 0.15) is 48.8 Å². The summed E-state index contributed by atoms with van der Waals surface area (Å²) in [5.41, 5.74) is 3.96. The molecule has 11 heteroatoms. The molecule has 4 rings (SSSR count). The number of carboxylic acid groups (broad SMARTS) is 2. The first-order valence-electron chi connectivity index (χ1n) is 11.4. The fourth-order valence-electron chi connectivity index (χ4n) is 4.29. The fraction of sp³-hybridized carbons (Fsp3) is 0.400. The number of hydrogen-bond acceptors (Lipinski definition) is 9. The molecule has 0 spiro atoms. The molecule has 1 aliphatic carbocycles. The maximum absolute atomic E-state index is 10.3. The van der Waals surface area contributed by atoms with Crippen molar-refractivity contribution in [1.82, 2.24) is 9.97 Å². The minimum Gasteiger partial charge on any atom is -0.493 e. The van der Waals surface area contributed by atoms with Gasteiger partial charge < -0.3 is 24.8 Å². The Labute approximate surface area is 213 Å². The Morgan fingerprint density at radius 3 is 2.33 bits per heavy atom. The van der Waals surface area contributed by atoms with E-state index in [9.17, 15) is 14.7 Å². The first-order chi connectivity index (χ1) is 17.3. The molecule has 1 fully saturated rings. The number of ether oxygens (including phenoxy) is 2. The number of carbonyl (C=O) groups is 2. The molecule has 3 N–H and O–H groups in total. The number of aliphatic hydroxyl groups is 1. The highest BCUT2D eigenvalue weighted by Gasteiger charge is 2.37. The highest BCUT2D eigenvalue weighted by Crippen LogP contribution is 2.44. The van der Waals surface area contributed by atoms with Crippen LogP contribution in [0.4, 0.5) is 0 Å². The molecule has 2 aromatic rings. The van der Waals surface area contributed by atoms with Gasteiger partial charge in [-0.25, -0.2) is 19.6 Å². The highest BCUT2D eigenvalue weighted by molar-refractivity contribution is 7.98. The molecule has 3 atom stereocenters. The van der Waals surface area contributed by atoms with E-state index in [1.54, 1.807) is 7.11 Å². The molecule has 0 bridgehead atoms. The van der Waals surface area contributed by atoms with Crippen molar-refractivity contribution < 1.29 is 34.4 Å². The van der Waals surface area contributed by atoms with Gasteiger partial charge in [-0.1, -0.05) is 11.8 Å². The molecule has 0 unspecified atom stereocenters. The predicted octanol–water partition coefficient (Wildman–Crippen LogP) is 3.17. The minimum atomic E-state index is -1.26. The average molecular weight is 516 g/mol. The Hall–Kier alpha value is -3.44. The average Bonchev–Trinajstić information content (AvgIpc) is 2.87. The maximum Gasteiger partial charge on any atom is 0.328 e. The van der Waals surface area contributed by atoms with E-state index in [1.165, 1.54) is 11.8 Å². The summed E-state index contributed by atoms with van der Waals surface area (Å²) in [7, 11) is 1.65. The summed E-state index contributed by atoms with van der Waals surface area (Å²) in [5, 5.41) is 26.6. The second-order valence-electron chi connectivity index (χ2n) is 8.11. The van der Waals surface area contributed by atoms with Crippen LogP contribution in [0.3, 0.4) is 0 Å². The van der Waals surface area contributed by atoms with E-state index in [4.69, 9.17) is 24.7 Å². The number of aliphatic carboxylic acids is 2. The van der Waals surface area contributed by atoms with Crippen LogP contribution >= 0.6 is 11.8 Å². The lowest BCUT2D eigenvalue weighted by Crippen LogP contribution is -2.34. The van der Waals surface area contributed by atoms with Gasteiger partial charge in [0.25, 0.3) is 0 Å². The van der Waals surface area contributed by atoms with Gasteiger partial charge in [-0.15, -0.1) is 0 Å². The number of methoxy groups -OCH3 is 1. The van der Waals surface area contributed by atoms with Gasteiger partial charge in [0.15, 0.2) is 16.7 Å². The topological polar surface area (TPSA) is 151 Å². The number of nitrogens with zero attached hydrogens (tertiary/aromatic N) is 3. The zero-order chi connectivity index (χ0) is 26.2. The third kappa shape index (κ3) is 6.61. The minimum absolute atomic E-state index is 0.147. The Morgan fingerprint density at radius 2 is 1.78 bits per heavy atom. The Balaban J connectivity index is 0.000000392. The van der Waals surface area contributed by atoms with Crippen molar-refractivity contribution in [3.8, 4) is 11.5 Å². The second kappa shape index (κ2) is 12.5. The van der Waals surface area contributed by atoms with Gasteiger partial charge in [0.1, 0.15) is 0 Å². The van der Waals surface area contributed by atoms with Crippen molar-refractivity contribution >= 4 is 29.4 Å². The summed E-state index contributed by atoms with van der Waals surface area (Å²) in [6.07, 6.45) is 8.83. The van der Waals surface area contributed by atoms with Gasteiger partial charge in [0, 0.05) is 41.6 Å². The molecule has 36 heavy (non-hydrogen) atoms. The van der Waals surface area contributed by atoms with Gasteiger partial charge in [0.05, 0.1) is 31.6 Å². The summed E-state index contributed by atoms with van der Waals surface area (Å²) < 4.78 is 11.4. The van der Waals surface area contributed by atoms with Gasteiger partial charge in [-0.3, -0.25) is 4.99 Å². The van der Waals surface area contributed by atoms with Gasteiger partial charge in [0.2, 0.25) is 0 Å². The first kappa shape index (κ1) is 27.2. The highest BCUT2D eigenvalue weighted by atomic mass is 32.2. The van der Waals surface area contributed by atoms with E-state index in [2.05, 4.69) is 16.0 Å². The molecule has 1 aromatic heterocycles. The molecule has 1 saturated carbocycles. The summed E-state index contributed by atoms with van der Waals surface area (Å²) in [5.74, 6) is -0.915. The van der Waals surface area contributed by atoms with Crippen molar-refractivity contribution in [2.24, 2.45) is 4.99 Å². The summed E-state index contributed by atoms with van der Waals surface area (Å²) in [4.78, 5) is 33.0. The summed E-state index contributed by atoms with van der Waals surface area (Å²) in [6, 6.07) is 4.21. The molecule has 2 heterocycles. The van der Waals surface area contributed by atoms with Crippen LogP contribution in [0, 0.1) is 0 Å². The number of hydrogen-bond donors (Lipinski definition) is 3. The normalized spacial score (nSPS) is 20.3. The zero-order valence-electron chi connectivity index (χ0n) is 20.2. The number of aliphatic hydroxyl groups excluding tert-OH is 1. The van der Waals surface area contributed by atoms with Crippen LogP contribution in [-0.2, 0) is 9.59 Å². The standard InChI is InChI=1S/C21H25N3O3S.C4H4O4/c1-4-27-19-8-14-15-7-13(25)5-6-17(15)24-20(16(14)9-18(19)26-2)12-10-22-21(28-3)23-11-12;5-3(6)1-2-4(7)8/h8-11,13,15,17,25H,4-7H2,1-3H3;1-2H,(H,5,6)(H,7,8)/t13-,15-,17-;/m1./s1. The van der Waals surface area contributed by atoms with Crippen molar-refractivity contribution in [3.05, 3.63) is 53.4 Å². The number of aromatic nitrogens is 2. The van der Waals surface area contributed by atoms with Crippen LogP contribution in [0.5, 0.6) is 11.5 Å². The van der Waals surface area contributed by atoms with Crippen LogP contribution < -0.4 is 9.47 Å². The third-order valence-corrected chi connectivity index (χ3v) is 6.40. The van der Waals surface area contributed by atoms with Crippen molar-refractivity contribution in [3.63, 3.8) is 0 Å². The maximum atomic E-state index is 10.3. The lowest BCUT2D eigenvalue weighted by molar-refractivity contribution is -0.134. The molecular weight excluding hydrogens is 486 g/mol. The van der Waals surface area contributed by atoms with E-state index >= 15 is 0 Å². The SMILES string of the molecule is CCOc1cc2c(cc1OC)C(c1cnc(SC)nc1)=N[C@@H]1CC[C@@H](O)C[C@H]21.O=C(O)C=CC(=O)O. The molecule has 1 aromatic carbocycles. The molecule has 0 amide bonds. The van der Waals surface area contributed by atoms with E-state index in [0.29, 0.717) is 30.9 Å². The Kier molecular flexibility index (Phi) is 9.43. The van der Waals surface area contributed by atoms with E-state index in [0.717, 1.165) is 46.1 Å².